The van der Waals surface area contributed by atoms with Crippen molar-refractivity contribution in [2.24, 2.45) is 0 Å². The third kappa shape index (κ3) is 6.33. The molecule has 23 heavy (non-hydrogen) atoms. The lowest BCUT2D eigenvalue weighted by Crippen LogP contribution is -2.16. The Labute approximate surface area is 140 Å². The molecule has 1 aliphatic rings. The lowest BCUT2D eigenvalue weighted by Gasteiger charge is -2.06. The monoisotopic (exact) mass is 315 g/mol. The molecule has 0 aliphatic carbocycles. The first kappa shape index (κ1) is 19.0. The molecule has 2 aromatic carbocycles. The molecule has 0 radical (unpaired) electrons. The van der Waals surface area contributed by atoms with Crippen molar-refractivity contribution < 1.29 is 9.47 Å². The van der Waals surface area contributed by atoms with Crippen molar-refractivity contribution in [1.29, 1.82) is 0 Å². The van der Waals surface area contributed by atoms with Gasteiger partial charge in [0.25, 0.3) is 0 Å². The summed E-state index contributed by atoms with van der Waals surface area (Å²) in [5.74, 6) is 1.71. The second-order valence-corrected chi connectivity index (χ2v) is 4.60. The zero-order valence-corrected chi connectivity index (χ0v) is 14.8. The van der Waals surface area contributed by atoms with Crippen molar-refractivity contribution in [2.75, 3.05) is 13.3 Å². The van der Waals surface area contributed by atoms with Crippen LogP contribution in [0.1, 0.15) is 38.8 Å². The molecule has 0 fully saturated rings. The lowest BCUT2D eigenvalue weighted by molar-refractivity contribution is 0.174. The summed E-state index contributed by atoms with van der Waals surface area (Å²) in [4.78, 5) is 0. The Morgan fingerprint density at radius 2 is 1.52 bits per heavy atom. The molecule has 0 spiro atoms. The minimum Gasteiger partial charge on any atom is -0.454 e. The zero-order valence-electron chi connectivity index (χ0n) is 14.8. The van der Waals surface area contributed by atoms with Gasteiger partial charge in [-0.3, -0.25) is 0 Å². The molecule has 1 N–H and O–H groups in total. The van der Waals surface area contributed by atoms with Crippen LogP contribution in [0.4, 0.5) is 0 Å². The fourth-order valence-electron chi connectivity index (χ4n) is 2.16. The fraction of sp³-hybridized carbons (Fsp3) is 0.400. The molecule has 126 valence electrons. The maximum Gasteiger partial charge on any atom is 0.231 e. The number of nitrogens with one attached hydrogen (secondary N) is 1. The smallest absolute Gasteiger partial charge is 0.231 e. The van der Waals surface area contributed by atoms with Gasteiger partial charge in [0.1, 0.15) is 0 Å². The average Bonchev–Trinajstić information content (AvgIpc) is 3.11. The first-order valence-corrected chi connectivity index (χ1v) is 8.55. The van der Waals surface area contributed by atoms with Gasteiger partial charge in [0, 0.05) is 6.54 Å². The van der Waals surface area contributed by atoms with Crippen LogP contribution in [0.3, 0.4) is 0 Å². The molecule has 0 bridgehead atoms. The quantitative estimate of drug-likeness (QED) is 0.804. The molecule has 2 aromatic rings. The van der Waals surface area contributed by atoms with Crippen LogP contribution in [0.25, 0.3) is 0 Å². The van der Waals surface area contributed by atoms with Crippen LogP contribution >= 0.6 is 0 Å². The van der Waals surface area contributed by atoms with Gasteiger partial charge in [-0.25, -0.2) is 0 Å². The highest BCUT2D eigenvalue weighted by Gasteiger charge is 2.12. The van der Waals surface area contributed by atoms with E-state index in [-0.39, 0.29) is 0 Å². The van der Waals surface area contributed by atoms with Gasteiger partial charge in [0.15, 0.2) is 11.5 Å². The first-order chi connectivity index (χ1) is 11.4. The van der Waals surface area contributed by atoms with Crippen molar-refractivity contribution in [1.82, 2.24) is 5.32 Å². The van der Waals surface area contributed by atoms with Crippen LogP contribution in [0.15, 0.2) is 48.5 Å². The lowest BCUT2D eigenvalue weighted by atomic mass is 10.1. The molecule has 3 rings (SSSR count). The van der Waals surface area contributed by atoms with E-state index in [1.165, 1.54) is 11.1 Å². The van der Waals surface area contributed by atoms with Gasteiger partial charge >= 0.3 is 0 Å². The fourth-order valence-corrected chi connectivity index (χ4v) is 2.16. The summed E-state index contributed by atoms with van der Waals surface area (Å²) in [7, 11) is 0. The summed E-state index contributed by atoms with van der Waals surface area (Å²) in [6, 6.07) is 16.6. The summed E-state index contributed by atoms with van der Waals surface area (Å²) < 4.78 is 10.7. The van der Waals surface area contributed by atoms with E-state index < -0.39 is 0 Å². The van der Waals surface area contributed by atoms with E-state index in [1.54, 1.807) is 0 Å². The molecular weight excluding hydrogens is 286 g/mol. The summed E-state index contributed by atoms with van der Waals surface area (Å²) >= 11 is 0. The van der Waals surface area contributed by atoms with E-state index in [4.69, 9.17) is 9.47 Å². The predicted molar refractivity (Wildman–Crippen MR) is 97.1 cm³/mol. The van der Waals surface area contributed by atoms with Crippen molar-refractivity contribution in [2.45, 2.75) is 40.7 Å². The number of benzene rings is 2. The number of rotatable bonds is 5. The maximum absolute atomic E-state index is 5.37. The highest BCUT2D eigenvalue weighted by atomic mass is 16.7. The van der Waals surface area contributed by atoms with E-state index in [0.29, 0.717) is 6.79 Å². The van der Waals surface area contributed by atoms with E-state index in [2.05, 4.69) is 41.7 Å². The Bertz CT molecular complexity index is 541. The number of fused-ring (bicyclic) bond motifs is 1. The molecular formula is C20H29NO2. The highest BCUT2D eigenvalue weighted by Crippen LogP contribution is 2.32. The van der Waals surface area contributed by atoms with Gasteiger partial charge < -0.3 is 14.8 Å². The first-order valence-electron chi connectivity index (χ1n) is 8.55. The molecule has 1 heterocycles. The summed E-state index contributed by atoms with van der Waals surface area (Å²) in [5.41, 5.74) is 2.58. The number of hydrogen-bond acceptors (Lipinski definition) is 3. The van der Waals surface area contributed by atoms with E-state index in [0.717, 1.165) is 31.0 Å². The van der Waals surface area contributed by atoms with Crippen molar-refractivity contribution in [3.8, 4) is 11.5 Å². The van der Waals surface area contributed by atoms with Crippen molar-refractivity contribution in [3.05, 3.63) is 59.7 Å². The van der Waals surface area contributed by atoms with Crippen molar-refractivity contribution >= 4 is 0 Å². The standard InChI is InChI=1S/C16H17NO2.2C2H6/c1-2-4-14(5-3-1)11-17-9-8-13-6-7-15-16(10-13)19-12-18-15;2*1-2/h1-7,10,17H,8-9,11-12H2;2*1-2H3. The van der Waals surface area contributed by atoms with Crippen LogP contribution < -0.4 is 14.8 Å². The Hall–Kier alpha value is -2.00. The molecule has 1 aliphatic heterocycles. The normalized spacial score (nSPS) is 11.0. The second-order valence-electron chi connectivity index (χ2n) is 4.60. The Morgan fingerprint density at radius 1 is 0.826 bits per heavy atom. The largest absolute Gasteiger partial charge is 0.454 e. The van der Waals surface area contributed by atoms with Crippen LogP contribution in [-0.2, 0) is 13.0 Å². The number of hydrogen-bond donors (Lipinski definition) is 1. The molecule has 0 atom stereocenters. The SMILES string of the molecule is CC.CC.c1ccc(CNCCc2ccc3c(c2)OCO3)cc1. The summed E-state index contributed by atoms with van der Waals surface area (Å²) in [5, 5.41) is 3.45. The molecule has 0 aromatic heterocycles. The van der Waals surface area contributed by atoms with Gasteiger partial charge in [-0.15, -0.1) is 0 Å². The van der Waals surface area contributed by atoms with Gasteiger partial charge in [-0.2, -0.15) is 0 Å². The van der Waals surface area contributed by atoms with E-state index in [9.17, 15) is 0 Å². The van der Waals surface area contributed by atoms with Crippen LogP contribution in [0.2, 0.25) is 0 Å². The Kier molecular flexibility index (Phi) is 9.57. The van der Waals surface area contributed by atoms with Crippen LogP contribution in [0, 0.1) is 0 Å². The molecule has 3 nitrogen and oxygen atoms in total. The molecule has 0 saturated carbocycles. The number of ether oxygens (including phenoxy) is 2. The topological polar surface area (TPSA) is 30.5 Å². The maximum atomic E-state index is 5.37. The molecule has 0 unspecified atom stereocenters. The van der Waals surface area contributed by atoms with Crippen LogP contribution in [0.5, 0.6) is 11.5 Å². The summed E-state index contributed by atoms with van der Waals surface area (Å²) in [6.07, 6.45) is 0.990. The van der Waals surface area contributed by atoms with Gasteiger partial charge in [0.05, 0.1) is 0 Å². The molecule has 0 saturated heterocycles. The third-order valence-corrected chi connectivity index (χ3v) is 3.20. The van der Waals surface area contributed by atoms with Crippen LogP contribution in [-0.4, -0.2) is 13.3 Å². The van der Waals surface area contributed by atoms with E-state index in [1.807, 2.05) is 39.8 Å². The van der Waals surface area contributed by atoms with Gasteiger partial charge in [-0.1, -0.05) is 64.1 Å². The molecule has 0 amide bonds. The van der Waals surface area contributed by atoms with Crippen molar-refractivity contribution in [3.63, 3.8) is 0 Å². The van der Waals surface area contributed by atoms with Gasteiger partial charge in [0.2, 0.25) is 6.79 Å². The predicted octanol–water partition coefficient (Wildman–Crippen LogP) is 4.80. The minimum atomic E-state index is 0.338. The summed E-state index contributed by atoms with van der Waals surface area (Å²) in [6.45, 7) is 10.2. The molecule has 3 heteroatoms. The average molecular weight is 315 g/mol. The minimum absolute atomic E-state index is 0.338. The van der Waals surface area contributed by atoms with Gasteiger partial charge in [-0.05, 0) is 36.2 Å². The highest BCUT2D eigenvalue weighted by molar-refractivity contribution is 5.44. The third-order valence-electron chi connectivity index (χ3n) is 3.20. The second kappa shape index (κ2) is 11.6. The Morgan fingerprint density at radius 3 is 2.26 bits per heavy atom. The Balaban J connectivity index is 0.000000615. The van der Waals surface area contributed by atoms with E-state index >= 15 is 0 Å². The zero-order chi connectivity index (χ0) is 16.9.